The number of Topliss-reactive ketones (excluding diaryl/α,β-unsaturated/α-hetero) is 1. The maximum atomic E-state index is 11.5. The van der Waals surface area contributed by atoms with Gasteiger partial charge in [-0.15, -0.1) is 0 Å². The number of hydrogen-bond acceptors (Lipinski definition) is 3. The van der Waals surface area contributed by atoms with E-state index in [0.717, 1.165) is 44.8 Å². The largest absolute Gasteiger partial charge is 0.369 e. The Balaban J connectivity index is 1.30. The molecule has 2 heterocycles. The summed E-state index contributed by atoms with van der Waals surface area (Å²) in [5.74, 6) is 0.121. The molecule has 0 saturated carbocycles. The van der Waals surface area contributed by atoms with Gasteiger partial charge in [0.05, 0.1) is 0 Å². The molecule has 31 heavy (non-hydrogen) atoms. The highest BCUT2D eigenvalue weighted by Gasteiger charge is 2.18. The lowest BCUT2D eigenvalue weighted by Gasteiger charge is -2.36. The van der Waals surface area contributed by atoms with Gasteiger partial charge in [0.2, 0.25) is 0 Å². The second kappa shape index (κ2) is 8.20. The van der Waals surface area contributed by atoms with Crippen LogP contribution in [0.25, 0.3) is 21.8 Å². The molecule has 0 radical (unpaired) electrons. The molecule has 1 aliphatic rings. The van der Waals surface area contributed by atoms with Crippen LogP contribution in [-0.4, -0.2) is 41.4 Å². The third kappa shape index (κ3) is 3.72. The van der Waals surface area contributed by atoms with E-state index in [9.17, 15) is 4.79 Å². The molecule has 4 aromatic rings. The van der Waals surface area contributed by atoms with Crippen molar-refractivity contribution in [1.29, 1.82) is 0 Å². The van der Waals surface area contributed by atoms with E-state index in [1.54, 1.807) is 6.92 Å². The lowest BCUT2D eigenvalue weighted by Crippen LogP contribution is -2.45. The SMILES string of the molecule is CCn1c2ccccc2c2cc(CN3CCN(c4ccc(C(C)=O)cc4)CC3)ccc21. The highest BCUT2D eigenvalue weighted by Crippen LogP contribution is 2.30. The van der Waals surface area contributed by atoms with Gasteiger partial charge in [0.15, 0.2) is 5.78 Å². The number of aryl methyl sites for hydroxylation is 1. The molecule has 4 heteroatoms. The van der Waals surface area contributed by atoms with Crippen molar-refractivity contribution in [2.24, 2.45) is 0 Å². The van der Waals surface area contributed by atoms with Crippen LogP contribution in [0.1, 0.15) is 29.8 Å². The van der Waals surface area contributed by atoms with Crippen LogP contribution < -0.4 is 4.90 Å². The van der Waals surface area contributed by atoms with Crippen LogP contribution in [0.4, 0.5) is 5.69 Å². The predicted molar refractivity (Wildman–Crippen MR) is 129 cm³/mol. The van der Waals surface area contributed by atoms with Gasteiger partial charge in [-0.2, -0.15) is 0 Å². The van der Waals surface area contributed by atoms with Crippen LogP contribution in [0, 0.1) is 0 Å². The van der Waals surface area contributed by atoms with Gasteiger partial charge in [0.1, 0.15) is 0 Å². The van der Waals surface area contributed by atoms with E-state index in [1.165, 1.54) is 33.1 Å². The molecule has 1 aromatic heterocycles. The fourth-order valence-electron chi connectivity index (χ4n) is 4.87. The summed E-state index contributed by atoms with van der Waals surface area (Å²) in [5, 5.41) is 2.71. The third-order valence-corrected chi connectivity index (χ3v) is 6.57. The molecule has 0 atom stereocenters. The van der Waals surface area contributed by atoms with E-state index in [2.05, 4.69) is 75.9 Å². The predicted octanol–water partition coefficient (Wildman–Crippen LogP) is 5.34. The number of fused-ring (bicyclic) bond motifs is 3. The summed E-state index contributed by atoms with van der Waals surface area (Å²) < 4.78 is 2.41. The zero-order chi connectivity index (χ0) is 21.4. The first kappa shape index (κ1) is 19.8. The second-order valence-electron chi connectivity index (χ2n) is 8.48. The van der Waals surface area contributed by atoms with Gasteiger partial charge in [0.25, 0.3) is 0 Å². The van der Waals surface area contributed by atoms with Gasteiger partial charge >= 0.3 is 0 Å². The van der Waals surface area contributed by atoms with Gasteiger partial charge in [-0.05, 0) is 61.9 Å². The van der Waals surface area contributed by atoms with E-state index in [4.69, 9.17) is 0 Å². The van der Waals surface area contributed by atoms with Gasteiger partial charge in [-0.1, -0.05) is 24.3 Å². The normalized spacial score (nSPS) is 15.1. The number of hydrogen-bond donors (Lipinski definition) is 0. The van der Waals surface area contributed by atoms with Crippen LogP contribution in [0.3, 0.4) is 0 Å². The first-order chi connectivity index (χ1) is 15.1. The van der Waals surface area contributed by atoms with E-state index < -0.39 is 0 Å². The molecule has 1 saturated heterocycles. The molecule has 0 N–H and O–H groups in total. The molecule has 0 amide bonds. The number of benzene rings is 3. The Kier molecular flexibility index (Phi) is 5.24. The Hall–Kier alpha value is -3.11. The molecule has 0 spiro atoms. The van der Waals surface area contributed by atoms with Crippen molar-refractivity contribution in [1.82, 2.24) is 9.47 Å². The molecule has 1 fully saturated rings. The van der Waals surface area contributed by atoms with Crippen molar-refractivity contribution in [2.75, 3.05) is 31.1 Å². The number of piperazine rings is 1. The lowest BCUT2D eigenvalue weighted by molar-refractivity contribution is 0.101. The first-order valence-electron chi connectivity index (χ1n) is 11.2. The van der Waals surface area contributed by atoms with E-state index in [0.29, 0.717) is 0 Å². The molecule has 3 aromatic carbocycles. The van der Waals surface area contributed by atoms with E-state index in [-0.39, 0.29) is 5.78 Å². The maximum absolute atomic E-state index is 11.5. The molecule has 158 valence electrons. The van der Waals surface area contributed by atoms with Crippen molar-refractivity contribution in [3.8, 4) is 0 Å². The van der Waals surface area contributed by atoms with Gasteiger partial charge in [0, 0.05) is 72.3 Å². The minimum absolute atomic E-state index is 0.121. The first-order valence-corrected chi connectivity index (χ1v) is 11.2. The molecule has 0 unspecified atom stereocenters. The number of aromatic nitrogens is 1. The molecular formula is C27H29N3O. The van der Waals surface area contributed by atoms with Crippen LogP contribution in [-0.2, 0) is 13.1 Å². The van der Waals surface area contributed by atoms with Gasteiger partial charge in [-0.25, -0.2) is 0 Å². The minimum Gasteiger partial charge on any atom is -0.369 e. The number of ketones is 1. The van der Waals surface area contributed by atoms with Crippen molar-refractivity contribution in [3.05, 3.63) is 77.9 Å². The third-order valence-electron chi connectivity index (χ3n) is 6.57. The molecule has 0 aliphatic carbocycles. The van der Waals surface area contributed by atoms with E-state index in [1.807, 2.05) is 12.1 Å². The number of carbonyl (C=O) groups is 1. The quantitative estimate of drug-likeness (QED) is 0.415. The summed E-state index contributed by atoms with van der Waals surface area (Å²) >= 11 is 0. The van der Waals surface area contributed by atoms with Gasteiger partial charge < -0.3 is 9.47 Å². The second-order valence-corrected chi connectivity index (χ2v) is 8.48. The molecule has 4 nitrogen and oxygen atoms in total. The van der Waals surface area contributed by atoms with Crippen LogP contribution in [0.2, 0.25) is 0 Å². The Morgan fingerprint density at radius 1 is 0.839 bits per heavy atom. The standard InChI is InChI=1S/C27H29N3O/c1-3-30-26-7-5-4-6-24(26)25-18-21(8-13-27(25)30)19-28-14-16-29(17-15-28)23-11-9-22(10-12-23)20(2)31/h4-13,18H,3,14-17,19H2,1-2H3. The van der Waals surface area contributed by atoms with Crippen LogP contribution >= 0.6 is 0 Å². The Morgan fingerprint density at radius 3 is 2.26 bits per heavy atom. The number of para-hydroxylation sites is 1. The highest BCUT2D eigenvalue weighted by molar-refractivity contribution is 6.08. The number of anilines is 1. The van der Waals surface area contributed by atoms with Crippen molar-refractivity contribution >= 4 is 33.3 Å². The summed E-state index contributed by atoms with van der Waals surface area (Å²) in [6, 6.07) is 23.7. The summed E-state index contributed by atoms with van der Waals surface area (Å²) in [5.41, 5.74) is 6.01. The van der Waals surface area contributed by atoms with Crippen molar-refractivity contribution in [3.63, 3.8) is 0 Å². The highest BCUT2D eigenvalue weighted by atomic mass is 16.1. The average molecular weight is 412 g/mol. The van der Waals surface area contributed by atoms with Crippen LogP contribution in [0.15, 0.2) is 66.7 Å². The molecule has 0 bridgehead atoms. The summed E-state index contributed by atoms with van der Waals surface area (Å²) in [4.78, 5) is 16.5. The van der Waals surface area contributed by atoms with Crippen LogP contribution in [0.5, 0.6) is 0 Å². The molecule has 5 rings (SSSR count). The maximum Gasteiger partial charge on any atom is 0.159 e. The number of rotatable bonds is 5. The van der Waals surface area contributed by atoms with Crippen molar-refractivity contribution in [2.45, 2.75) is 26.9 Å². The monoisotopic (exact) mass is 411 g/mol. The number of carbonyl (C=O) groups excluding carboxylic acids is 1. The zero-order valence-corrected chi connectivity index (χ0v) is 18.3. The fourth-order valence-corrected chi connectivity index (χ4v) is 4.87. The zero-order valence-electron chi connectivity index (χ0n) is 18.3. The van der Waals surface area contributed by atoms with Gasteiger partial charge in [-0.3, -0.25) is 9.69 Å². The summed E-state index contributed by atoms with van der Waals surface area (Å²) in [7, 11) is 0. The Bertz CT molecular complexity index is 1230. The molecule has 1 aliphatic heterocycles. The Labute approximate surface area is 183 Å². The summed E-state index contributed by atoms with van der Waals surface area (Å²) in [6.07, 6.45) is 0. The smallest absolute Gasteiger partial charge is 0.159 e. The molecular weight excluding hydrogens is 382 g/mol. The average Bonchev–Trinajstić information content (AvgIpc) is 3.13. The van der Waals surface area contributed by atoms with Crippen molar-refractivity contribution < 1.29 is 4.79 Å². The van der Waals surface area contributed by atoms with E-state index >= 15 is 0 Å². The lowest BCUT2D eigenvalue weighted by atomic mass is 10.1. The Morgan fingerprint density at radius 2 is 1.55 bits per heavy atom. The number of nitrogens with zero attached hydrogens (tertiary/aromatic N) is 3. The summed E-state index contributed by atoms with van der Waals surface area (Å²) in [6.45, 7) is 9.91. The topological polar surface area (TPSA) is 28.5 Å². The fraction of sp³-hybridized carbons (Fsp3) is 0.296. The minimum atomic E-state index is 0.121.